The number of piperidine rings is 1. The van der Waals surface area contributed by atoms with Crippen LogP contribution in [0.15, 0.2) is 54.4 Å². The summed E-state index contributed by atoms with van der Waals surface area (Å²) in [6.45, 7) is 2.18. The molecule has 7 nitrogen and oxygen atoms in total. The Kier molecular flexibility index (Phi) is 7.04. The Morgan fingerprint density at radius 1 is 1.12 bits per heavy atom. The van der Waals surface area contributed by atoms with E-state index in [0.29, 0.717) is 29.5 Å². The largest absolute Gasteiger partial charge is 0.449 e. The Morgan fingerprint density at radius 3 is 2.62 bits per heavy atom. The number of amides is 1. The zero-order valence-electron chi connectivity index (χ0n) is 18.3. The van der Waals surface area contributed by atoms with Gasteiger partial charge in [0, 0.05) is 36.7 Å². The van der Waals surface area contributed by atoms with Crippen LogP contribution < -0.4 is 16.0 Å². The fraction of sp³-hybridized carbons (Fsp3) is 0.400. The van der Waals surface area contributed by atoms with Gasteiger partial charge in [0.15, 0.2) is 5.78 Å². The van der Waals surface area contributed by atoms with E-state index in [-0.39, 0.29) is 5.78 Å². The molecule has 0 unspecified atom stereocenters. The average molecular weight is 435 g/mol. The standard InChI is InChI=1S/C25H30N4O3/c26-22-8-4-7-21(24(30)19-5-2-1-3-6-19)23(22)28-25(31)32-17-18-11-15-29(16-12-18)20-9-13-27-14-10-20/h4-5,7-10,13-14,18H,1-3,6,11-12,15-17,26H2,(H,28,31). The Morgan fingerprint density at radius 2 is 1.91 bits per heavy atom. The lowest BCUT2D eigenvalue weighted by Gasteiger charge is -2.33. The molecule has 0 bridgehead atoms. The molecule has 3 N–H and O–H groups in total. The summed E-state index contributed by atoms with van der Waals surface area (Å²) in [5.41, 5.74) is 9.16. The minimum atomic E-state index is -0.578. The van der Waals surface area contributed by atoms with E-state index in [4.69, 9.17) is 10.5 Å². The Balaban J connectivity index is 1.32. The maximum atomic E-state index is 13.0. The molecule has 1 aliphatic heterocycles. The Bertz CT molecular complexity index is 982. The van der Waals surface area contributed by atoms with E-state index in [2.05, 4.69) is 15.2 Å². The van der Waals surface area contributed by atoms with Crippen LogP contribution >= 0.6 is 0 Å². The number of allylic oxidation sites excluding steroid dienone is 2. The topological polar surface area (TPSA) is 97.5 Å². The summed E-state index contributed by atoms with van der Waals surface area (Å²) < 4.78 is 5.50. The fourth-order valence-electron chi connectivity index (χ4n) is 4.36. The number of hydrogen-bond acceptors (Lipinski definition) is 6. The number of para-hydroxylation sites is 1. The predicted octanol–water partition coefficient (Wildman–Crippen LogP) is 4.81. The van der Waals surface area contributed by atoms with Gasteiger partial charge in [0.2, 0.25) is 0 Å². The predicted molar refractivity (Wildman–Crippen MR) is 126 cm³/mol. The van der Waals surface area contributed by atoms with E-state index in [9.17, 15) is 9.59 Å². The molecule has 2 aromatic rings. The van der Waals surface area contributed by atoms with Crippen LogP contribution in [0.1, 0.15) is 48.9 Å². The van der Waals surface area contributed by atoms with Gasteiger partial charge >= 0.3 is 6.09 Å². The molecule has 32 heavy (non-hydrogen) atoms. The summed E-state index contributed by atoms with van der Waals surface area (Å²) in [5, 5.41) is 2.72. The number of aromatic nitrogens is 1. The SMILES string of the molecule is Nc1cccc(C(=O)C2=CCCCC2)c1NC(=O)OCC1CCN(c2ccncc2)CC1. The second-order valence-electron chi connectivity index (χ2n) is 8.43. The minimum Gasteiger partial charge on any atom is -0.449 e. The van der Waals surface area contributed by atoms with E-state index in [1.807, 2.05) is 18.2 Å². The van der Waals surface area contributed by atoms with Crippen molar-refractivity contribution in [1.29, 1.82) is 0 Å². The maximum absolute atomic E-state index is 13.0. The molecular formula is C25H30N4O3. The van der Waals surface area contributed by atoms with Crippen LogP contribution in [-0.2, 0) is 4.74 Å². The highest BCUT2D eigenvalue weighted by Gasteiger charge is 2.23. The van der Waals surface area contributed by atoms with Crippen LogP contribution in [0.25, 0.3) is 0 Å². The second-order valence-corrected chi connectivity index (χ2v) is 8.43. The van der Waals surface area contributed by atoms with Gasteiger partial charge in [-0.3, -0.25) is 15.1 Å². The first-order chi connectivity index (χ1) is 15.6. The third-order valence-corrected chi connectivity index (χ3v) is 6.24. The van der Waals surface area contributed by atoms with E-state index in [1.54, 1.807) is 30.6 Å². The molecule has 1 saturated heterocycles. The van der Waals surface area contributed by atoms with Crippen molar-refractivity contribution in [3.8, 4) is 0 Å². The molecule has 1 aliphatic carbocycles. The number of carbonyl (C=O) groups is 2. The minimum absolute atomic E-state index is 0.0733. The number of pyridine rings is 1. The van der Waals surface area contributed by atoms with Crippen LogP contribution in [0.4, 0.5) is 21.9 Å². The van der Waals surface area contributed by atoms with Crippen molar-refractivity contribution >= 4 is 28.9 Å². The average Bonchev–Trinajstić information content (AvgIpc) is 2.85. The van der Waals surface area contributed by atoms with Crippen LogP contribution in [-0.4, -0.2) is 36.6 Å². The lowest BCUT2D eigenvalue weighted by Crippen LogP contribution is -2.35. The molecule has 4 rings (SSSR count). The first-order valence-electron chi connectivity index (χ1n) is 11.3. The van der Waals surface area contributed by atoms with Gasteiger partial charge in [0.05, 0.1) is 18.0 Å². The molecular weight excluding hydrogens is 404 g/mol. The Labute approximate surface area is 188 Å². The molecule has 0 atom stereocenters. The lowest BCUT2D eigenvalue weighted by atomic mass is 9.92. The van der Waals surface area contributed by atoms with Crippen LogP contribution in [0, 0.1) is 5.92 Å². The van der Waals surface area contributed by atoms with Crippen LogP contribution in [0.3, 0.4) is 0 Å². The van der Waals surface area contributed by atoms with Gasteiger partial charge in [-0.25, -0.2) is 4.79 Å². The number of ether oxygens (including phenoxy) is 1. The quantitative estimate of drug-likeness (QED) is 0.500. The molecule has 168 valence electrons. The van der Waals surface area contributed by atoms with E-state index in [0.717, 1.165) is 57.2 Å². The zero-order chi connectivity index (χ0) is 22.3. The number of nitrogens with two attached hydrogens (primary N) is 1. The van der Waals surface area contributed by atoms with Crippen molar-refractivity contribution in [2.45, 2.75) is 38.5 Å². The molecule has 1 amide bonds. The summed E-state index contributed by atoms with van der Waals surface area (Å²) in [6.07, 6.45) is 10.7. The van der Waals surface area contributed by atoms with Gasteiger partial charge in [0.25, 0.3) is 0 Å². The van der Waals surface area contributed by atoms with Crippen molar-refractivity contribution in [3.05, 3.63) is 59.9 Å². The summed E-state index contributed by atoms with van der Waals surface area (Å²) in [6, 6.07) is 9.14. The highest BCUT2D eigenvalue weighted by Crippen LogP contribution is 2.29. The summed E-state index contributed by atoms with van der Waals surface area (Å²) in [7, 11) is 0. The van der Waals surface area contributed by atoms with Gasteiger partial charge < -0.3 is 15.4 Å². The van der Waals surface area contributed by atoms with Crippen LogP contribution in [0.2, 0.25) is 0 Å². The van der Waals surface area contributed by atoms with Gasteiger partial charge in [-0.2, -0.15) is 0 Å². The smallest absolute Gasteiger partial charge is 0.411 e. The van der Waals surface area contributed by atoms with E-state index in [1.165, 1.54) is 5.69 Å². The van der Waals surface area contributed by atoms with Crippen molar-refractivity contribution < 1.29 is 14.3 Å². The molecule has 0 spiro atoms. The highest BCUT2D eigenvalue weighted by molar-refractivity contribution is 6.14. The number of nitrogen functional groups attached to an aromatic ring is 1. The van der Waals surface area contributed by atoms with Crippen molar-refractivity contribution in [3.63, 3.8) is 0 Å². The number of nitrogens with zero attached hydrogens (tertiary/aromatic N) is 2. The number of benzene rings is 1. The molecule has 2 aliphatic rings. The Hall–Kier alpha value is -3.35. The third-order valence-electron chi connectivity index (χ3n) is 6.24. The van der Waals surface area contributed by atoms with Crippen LogP contribution in [0.5, 0.6) is 0 Å². The van der Waals surface area contributed by atoms with Crippen molar-refractivity contribution in [2.24, 2.45) is 5.92 Å². The van der Waals surface area contributed by atoms with Gasteiger partial charge in [-0.1, -0.05) is 12.1 Å². The number of nitrogens with one attached hydrogen (secondary N) is 1. The molecule has 2 heterocycles. The molecule has 1 fully saturated rings. The fourth-order valence-corrected chi connectivity index (χ4v) is 4.36. The number of ketones is 1. The van der Waals surface area contributed by atoms with E-state index >= 15 is 0 Å². The summed E-state index contributed by atoms with van der Waals surface area (Å²) >= 11 is 0. The molecule has 0 radical (unpaired) electrons. The van der Waals surface area contributed by atoms with Gasteiger partial charge in [-0.15, -0.1) is 0 Å². The molecule has 1 aromatic carbocycles. The number of hydrogen-bond donors (Lipinski definition) is 2. The summed E-state index contributed by atoms with van der Waals surface area (Å²) in [4.78, 5) is 31.9. The monoisotopic (exact) mass is 434 g/mol. The normalized spacial score (nSPS) is 16.9. The number of rotatable bonds is 6. The first kappa shape index (κ1) is 21.9. The maximum Gasteiger partial charge on any atom is 0.411 e. The molecule has 1 aromatic heterocycles. The molecule has 0 saturated carbocycles. The first-order valence-corrected chi connectivity index (χ1v) is 11.3. The molecule has 7 heteroatoms. The number of anilines is 3. The second kappa shape index (κ2) is 10.3. The van der Waals surface area contributed by atoms with Gasteiger partial charge in [-0.05, 0) is 74.3 Å². The third kappa shape index (κ3) is 5.28. The van der Waals surface area contributed by atoms with E-state index < -0.39 is 6.09 Å². The number of carbonyl (C=O) groups excluding carboxylic acids is 2. The zero-order valence-corrected chi connectivity index (χ0v) is 18.3. The van der Waals surface area contributed by atoms with Crippen molar-refractivity contribution in [1.82, 2.24) is 4.98 Å². The summed E-state index contributed by atoms with van der Waals surface area (Å²) in [5.74, 6) is 0.233. The van der Waals surface area contributed by atoms with Gasteiger partial charge in [0.1, 0.15) is 0 Å². The highest BCUT2D eigenvalue weighted by atomic mass is 16.5. The lowest BCUT2D eigenvalue weighted by molar-refractivity contribution is 0.102. The van der Waals surface area contributed by atoms with Crippen molar-refractivity contribution in [2.75, 3.05) is 35.6 Å². The number of Topliss-reactive ketones (excluding diaryl/α,β-unsaturated/α-hetero) is 1.